The number of esters is 1. The van der Waals surface area contributed by atoms with Gasteiger partial charge in [0.2, 0.25) is 10.0 Å². The standard InChI is InChI=1S/C25H30N2O6S/c1-17-5-10-22(13-18(17)2)34(31,32)27-15-21(28)14-23(27)25(30)33-16-19-6-8-20(9-7-19)24(29)26-11-3-4-12-26/h5-10,13,21,23,28H,3-4,11-12,14-16H2,1-2H3. The van der Waals surface area contributed by atoms with Crippen LogP contribution in [0.15, 0.2) is 47.4 Å². The number of ether oxygens (including phenoxy) is 1. The molecule has 2 heterocycles. The van der Waals surface area contributed by atoms with Gasteiger partial charge in [-0.05, 0) is 67.6 Å². The van der Waals surface area contributed by atoms with Crippen LogP contribution in [0.3, 0.4) is 0 Å². The van der Waals surface area contributed by atoms with Gasteiger partial charge in [0.05, 0.1) is 11.0 Å². The van der Waals surface area contributed by atoms with E-state index in [-0.39, 0.29) is 30.4 Å². The summed E-state index contributed by atoms with van der Waals surface area (Å²) in [5.41, 5.74) is 3.06. The van der Waals surface area contributed by atoms with Crippen molar-refractivity contribution in [2.75, 3.05) is 19.6 Å². The number of likely N-dealkylation sites (tertiary alicyclic amines) is 1. The first-order valence-corrected chi connectivity index (χ1v) is 12.9. The van der Waals surface area contributed by atoms with Crippen molar-refractivity contribution < 1.29 is 27.9 Å². The van der Waals surface area contributed by atoms with Crippen molar-refractivity contribution in [3.63, 3.8) is 0 Å². The molecule has 0 saturated carbocycles. The molecule has 0 aliphatic carbocycles. The molecule has 0 aromatic heterocycles. The number of aryl methyl sites for hydroxylation is 2. The molecule has 0 radical (unpaired) electrons. The number of hydrogen-bond donors (Lipinski definition) is 1. The van der Waals surface area contributed by atoms with Crippen LogP contribution in [-0.4, -0.2) is 66.4 Å². The molecule has 2 unspecified atom stereocenters. The second-order valence-corrected chi connectivity index (χ2v) is 10.9. The highest BCUT2D eigenvalue weighted by atomic mass is 32.2. The summed E-state index contributed by atoms with van der Waals surface area (Å²) < 4.78 is 32.9. The topological polar surface area (TPSA) is 104 Å². The Morgan fingerprint density at radius 2 is 1.71 bits per heavy atom. The summed E-state index contributed by atoms with van der Waals surface area (Å²) in [7, 11) is -3.98. The van der Waals surface area contributed by atoms with E-state index < -0.39 is 28.1 Å². The Bertz CT molecular complexity index is 1170. The Hall–Kier alpha value is -2.75. The van der Waals surface area contributed by atoms with Gasteiger partial charge in [0.1, 0.15) is 12.6 Å². The zero-order valence-electron chi connectivity index (χ0n) is 19.4. The van der Waals surface area contributed by atoms with E-state index in [0.29, 0.717) is 11.1 Å². The summed E-state index contributed by atoms with van der Waals surface area (Å²) in [4.78, 5) is 27.2. The predicted octanol–water partition coefficient (Wildman–Crippen LogP) is 2.41. The second kappa shape index (κ2) is 9.85. The van der Waals surface area contributed by atoms with Crippen molar-refractivity contribution in [2.45, 2.75) is 56.8 Å². The van der Waals surface area contributed by atoms with Crippen LogP contribution in [0.1, 0.15) is 46.3 Å². The Labute approximate surface area is 200 Å². The average molecular weight is 487 g/mol. The van der Waals surface area contributed by atoms with E-state index in [9.17, 15) is 23.1 Å². The summed E-state index contributed by atoms with van der Waals surface area (Å²) in [6.07, 6.45) is 1.07. The van der Waals surface area contributed by atoms with E-state index in [1.54, 1.807) is 36.4 Å². The number of sulfonamides is 1. The molecule has 2 aromatic carbocycles. The van der Waals surface area contributed by atoms with Gasteiger partial charge in [0.25, 0.3) is 5.91 Å². The molecule has 2 fully saturated rings. The predicted molar refractivity (Wildman–Crippen MR) is 126 cm³/mol. The van der Waals surface area contributed by atoms with E-state index in [2.05, 4.69) is 0 Å². The van der Waals surface area contributed by atoms with Crippen LogP contribution in [-0.2, 0) is 26.2 Å². The van der Waals surface area contributed by atoms with Gasteiger partial charge in [-0.25, -0.2) is 8.42 Å². The average Bonchev–Trinajstić information content (AvgIpc) is 3.49. The lowest BCUT2D eigenvalue weighted by atomic mass is 10.1. The largest absolute Gasteiger partial charge is 0.460 e. The molecular weight excluding hydrogens is 456 g/mol. The number of aliphatic hydroxyl groups excluding tert-OH is 1. The first-order valence-electron chi connectivity index (χ1n) is 11.5. The highest BCUT2D eigenvalue weighted by molar-refractivity contribution is 7.89. The van der Waals surface area contributed by atoms with Crippen LogP contribution in [0.5, 0.6) is 0 Å². The summed E-state index contributed by atoms with van der Waals surface area (Å²) >= 11 is 0. The highest BCUT2D eigenvalue weighted by Gasteiger charge is 2.44. The molecule has 1 N–H and O–H groups in total. The molecule has 2 saturated heterocycles. The molecule has 1 amide bonds. The molecule has 2 atom stereocenters. The monoisotopic (exact) mass is 486 g/mol. The fourth-order valence-corrected chi connectivity index (χ4v) is 6.08. The molecule has 4 rings (SSSR count). The maximum Gasteiger partial charge on any atom is 0.324 e. The van der Waals surface area contributed by atoms with E-state index in [4.69, 9.17) is 4.74 Å². The Balaban J connectivity index is 1.42. The third kappa shape index (κ3) is 5.01. The van der Waals surface area contributed by atoms with Crippen molar-refractivity contribution in [1.29, 1.82) is 0 Å². The third-order valence-electron chi connectivity index (χ3n) is 6.57. The summed E-state index contributed by atoms with van der Waals surface area (Å²) in [5, 5.41) is 10.1. The molecule has 2 aliphatic heterocycles. The lowest BCUT2D eigenvalue weighted by Gasteiger charge is -2.23. The molecule has 9 heteroatoms. The van der Waals surface area contributed by atoms with Crippen molar-refractivity contribution in [3.05, 3.63) is 64.7 Å². The summed E-state index contributed by atoms with van der Waals surface area (Å²) in [6, 6.07) is 10.6. The maximum atomic E-state index is 13.2. The minimum atomic E-state index is -3.98. The molecule has 8 nitrogen and oxygen atoms in total. The quantitative estimate of drug-likeness (QED) is 0.629. The smallest absolute Gasteiger partial charge is 0.324 e. The van der Waals surface area contributed by atoms with Gasteiger partial charge in [-0.3, -0.25) is 9.59 Å². The van der Waals surface area contributed by atoms with Gasteiger partial charge in [-0.1, -0.05) is 18.2 Å². The molecule has 2 aromatic rings. The Morgan fingerprint density at radius 1 is 1.03 bits per heavy atom. The SMILES string of the molecule is Cc1ccc(S(=O)(=O)N2CC(O)CC2C(=O)OCc2ccc(C(=O)N3CCCC3)cc2)cc1C. The molecule has 0 bridgehead atoms. The van der Waals surface area contributed by atoms with E-state index >= 15 is 0 Å². The van der Waals surface area contributed by atoms with Crippen LogP contribution < -0.4 is 0 Å². The van der Waals surface area contributed by atoms with Crippen molar-refractivity contribution in [3.8, 4) is 0 Å². The number of aliphatic hydroxyl groups is 1. The number of rotatable bonds is 6. The second-order valence-electron chi connectivity index (χ2n) is 9.03. The molecule has 34 heavy (non-hydrogen) atoms. The van der Waals surface area contributed by atoms with Gasteiger partial charge in [-0.2, -0.15) is 4.31 Å². The first kappa shape index (κ1) is 24.4. The summed E-state index contributed by atoms with van der Waals surface area (Å²) in [5.74, 6) is -0.714. The number of carbonyl (C=O) groups is 2. The Kier molecular flexibility index (Phi) is 7.06. The van der Waals surface area contributed by atoms with Crippen molar-refractivity contribution in [1.82, 2.24) is 9.21 Å². The fraction of sp³-hybridized carbons (Fsp3) is 0.440. The van der Waals surface area contributed by atoms with Crippen LogP contribution in [0.4, 0.5) is 0 Å². The van der Waals surface area contributed by atoms with Gasteiger partial charge >= 0.3 is 5.97 Å². The van der Waals surface area contributed by atoms with Crippen molar-refractivity contribution in [2.24, 2.45) is 0 Å². The minimum absolute atomic E-state index is 0.00632. The van der Waals surface area contributed by atoms with Crippen LogP contribution in [0, 0.1) is 13.8 Å². The van der Waals surface area contributed by atoms with Gasteiger partial charge in [-0.15, -0.1) is 0 Å². The Morgan fingerprint density at radius 3 is 2.35 bits per heavy atom. The first-order chi connectivity index (χ1) is 16.2. The van der Waals surface area contributed by atoms with Crippen LogP contribution >= 0.6 is 0 Å². The maximum absolute atomic E-state index is 13.2. The molecule has 0 spiro atoms. The highest BCUT2D eigenvalue weighted by Crippen LogP contribution is 2.28. The number of carbonyl (C=O) groups excluding carboxylic acids is 2. The number of nitrogens with zero attached hydrogens (tertiary/aromatic N) is 2. The number of amides is 1. The summed E-state index contributed by atoms with van der Waals surface area (Å²) in [6.45, 7) is 5.03. The minimum Gasteiger partial charge on any atom is -0.460 e. The van der Waals surface area contributed by atoms with E-state index in [1.807, 2.05) is 18.7 Å². The molecule has 2 aliphatic rings. The number of β-amino-alcohol motifs (C(OH)–C–C–N with tert-alkyl or cyclic N) is 1. The molecular formula is C25H30N2O6S. The lowest BCUT2D eigenvalue weighted by molar-refractivity contribution is -0.148. The van der Waals surface area contributed by atoms with Gasteiger partial charge < -0.3 is 14.7 Å². The number of hydrogen-bond acceptors (Lipinski definition) is 6. The zero-order chi connectivity index (χ0) is 24.5. The van der Waals surface area contributed by atoms with Gasteiger partial charge in [0.15, 0.2) is 0 Å². The fourth-order valence-electron chi connectivity index (χ4n) is 4.37. The van der Waals surface area contributed by atoms with E-state index in [1.165, 1.54) is 6.07 Å². The van der Waals surface area contributed by atoms with Crippen molar-refractivity contribution >= 4 is 21.9 Å². The zero-order valence-corrected chi connectivity index (χ0v) is 20.3. The normalized spacial score (nSPS) is 21.1. The van der Waals surface area contributed by atoms with Gasteiger partial charge in [0, 0.05) is 31.6 Å². The van der Waals surface area contributed by atoms with E-state index in [0.717, 1.165) is 41.4 Å². The van der Waals surface area contributed by atoms with Crippen LogP contribution in [0.2, 0.25) is 0 Å². The lowest BCUT2D eigenvalue weighted by Crippen LogP contribution is -2.41. The molecule has 182 valence electrons. The third-order valence-corrected chi connectivity index (χ3v) is 8.44. The number of benzene rings is 2. The van der Waals surface area contributed by atoms with Crippen LogP contribution in [0.25, 0.3) is 0 Å².